The summed E-state index contributed by atoms with van der Waals surface area (Å²) in [6.07, 6.45) is 8.62. The average Bonchev–Trinajstić information content (AvgIpc) is 3.52. The smallest absolute Gasteiger partial charge is 0.413 e. The first kappa shape index (κ1) is 38.0. The number of halogens is 2. The van der Waals surface area contributed by atoms with Gasteiger partial charge in [-0.1, -0.05) is 0 Å². The molecule has 1 aliphatic carbocycles. The zero-order valence-corrected chi connectivity index (χ0v) is 32.8. The quantitative estimate of drug-likeness (QED) is 0.197. The van der Waals surface area contributed by atoms with Crippen LogP contribution in [0.15, 0.2) is 48.8 Å². The van der Waals surface area contributed by atoms with E-state index in [4.69, 9.17) is 4.74 Å². The van der Waals surface area contributed by atoms with Gasteiger partial charge in [-0.3, -0.25) is 30.0 Å². The lowest BCUT2D eigenvalue weighted by Gasteiger charge is -2.51. The van der Waals surface area contributed by atoms with Gasteiger partial charge < -0.3 is 19.4 Å². The first-order valence-electron chi connectivity index (χ1n) is 20.4. The molecule has 4 fully saturated rings. The summed E-state index contributed by atoms with van der Waals surface area (Å²) >= 11 is 0. The summed E-state index contributed by atoms with van der Waals surface area (Å²) in [4.78, 5) is 64.7. The summed E-state index contributed by atoms with van der Waals surface area (Å²) in [5.74, 6) is -1.14. The maximum absolute atomic E-state index is 15.9. The molecule has 6 heterocycles. The predicted octanol–water partition coefficient (Wildman–Crippen LogP) is 6.66. The van der Waals surface area contributed by atoms with E-state index in [1.807, 2.05) is 19.9 Å². The predicted molar refractivity (Wildman–Crippen MR) is 213 cm³/mol. The molecular formula is C44H47F2N7O5. The molecule has 3 saturated heterocycles. The third kappa shape index (κ3) is 7.27. The van der Waals surface area contributed by atoms with Crippen LogP contribution in [-0.4, -0.2) is 88.5 Å². The Bertz CT molecular complexity index is 2330. The Balaban J connectivity index is 0.723. The van der Waals surface area contributed by atoms with Crippen molar-refractivity contribution in [2.45, 2.75) is 83.9 Å². The molecule has 1 saturated carbocycles. The van der Waals surface area contributed by atoms with Crippen LogP contribution in [-0.2, 0) is 20.9 Å². The van der Waals surface area contributed by atoms with Gasteiger partial charge in [0.25, 0.3) is 5.91 Å². The van der Waals surface area contributed by atoms with E-state index in [9.17, 15) is 19.2 Å². The van der Waals surface area contributed by atoms with E-state index in [1.54, 1.807) is 36.7 Å². The number of ether oxygens (including phenoxy) is 1. The van der Waals surface area contributed by atoms with E-state index in [0.717, 1.165) is 93.5 Å². The van der Waals surface area contributed by atoms with Crippen molar-refractivity contribution >= 4 is 46.1 Å². The molecule has 14 heteroatoms. The molecule has 58 heavy (non-hydrogen) atoms. The number of carbonyl (C=O) groups excluding carboxylic acids is 4. The third-order valence-corrected chi connectivity index (χ3v) is 13.2. The van der Waals surface area contributed by atoms with Crippen molar-refractivity contribution in [2.75, 3.05) is 42.9 Å². The molecule has 5 aliphatic rings. The fraction of sp³-hybridized carbons (Fsp3) is 0.455. The molecule has 0 bridgehead atoms. The molecule has 1 spiro atoms. The summed E-state index contributed by atoms with van der Waals surface area (Å²) < 4.78 is 36.8. The minimum atomic E-state index is -0.773. The highest BCUT2D eigenvalue weighted by atomic mass is 19.1. The molecule has 4 amide bonds. The number of nitrogens with one attached hydrogen (secondary N) is 2. The zero-order chi connectivity index (χ0) is 40.3. The maximum atomic E-state index is 15.9. The third-order valence-electron chi connectivity index (χ3n) is 13.2. The molecule has 9 rings (SSSR count). The van der Waals surface area contributed by atoms with Gasteiger partial charge in [-0.15, -0.1) is 0 Å². The molecule has 0 radical (unpaired) electrons. The Morgan fingerprint density at radius 3 is 2.43 bits per heavy atom. The van der Waals surface area contributed by atoms with E-state index >= 15 is 8.78 Å². The highest BCUT2D eigenvalue weighted by Gasteiger charge is 2.48. The van der Waals surface area contributed by atoms with Crippen molar-refractivity contribution in [2.24, 2.45) is 11.3 Å². The largest absolute Gasteiger partial charge is 0.446 e. The van der Waals surface area contributed by atoms with Crippen LogP contribution in [0.2, 0.25) is 0 Å². The summed E-state index contributed by atoms with van der Waals surface area (Å²) in [6, 6.07) is 9.45. The second-order valence-corrected chi connectivity index (χ2v) is 17.0. The van der Waals surface area contributed by atoms with Crippen LogP contribution in [0.25, 0.3) is 21.9 Å². The first-order valence-corrected chi connectivity index (χ1v) is 20.4. The van der Waals surface area contributed by atoms with E-state index in [1.165, 1.54) is 11.0 Å². The number of rotatable bonds is 7. The number of aryl methyl sites for hydroxylation is 2. The number of pyridine rings is 2. The summed E-state index contributed by atoms with van der Waals surface area (Å²) in [5.41, 5.74) is 4.25. The number of benzene rings is 2. The summed E-state index contributed by atoms with van der Waals surface area (Å²) in [6.45, 7) is 8.30. The van der Waals surface area contributed by atoms with Crippen molar-refractivity contribution in [3.63, 3.8) is 0 Å². The van der Waals surface area contributed by atoms with Gasteiger partial charge in [0.15, 0.2) is 5.82 Å². The Kier molecular flexibility index (Phi) is 9.85. The van der Waals surface area contributed by atoms with Gasteiger partial charge in [-0.2, -0.15) is 0 Å². The molecule has 12 nitrogen and oxygen atoms in total. The molecule has 2 aromatic carbocycles. The fourth-order valence-electron chi connectivity index (χ4n) is 9.87. The van der Waals surface area contributed by atoms with Gasteiger partial charge >= 0.3 is 6.09 Å². The first-order chi connectivity index (χ1) is 27.9. The highest BCUT2D eigenvalue weighted by Crippen LogP contribution is 2.50. The lowest BCUT2D eigenvalue weighted by molar-refractivity contribution is -0.136. The molecule has 302 valence electrons. The number of piperidine rings is 3. The number of hydrogen-bond acceptors (Lipinski definition) is 9. The van der Waals surface area contributed by atoms with E-state index in [0.29, 0.717) is 33.9 Å². The van der Waals surface area contributed by atoms with Crippen LogP contribution in [0.4, 0.5) is 25.1 Å². The number of imide groups is 1. The molecule has 2 N–H and O–H groups in total. The van der Waals surface area contributed by atoms with E-state index in [-0.39, 0.29) is 54.1 Å². The fourth-order valence-corrected chi connectivity index (χ4v) is 9.87. The number of carbonyl (C=O) groups is 4. The van der Waals surface area contributed by atoms with Crippen LogP contribution >= 0.6 is 0 Å². The average molecular weight is 792 g/mol. The monoisotopic (exact) mass is 791 g/mol. The zero-order valence-electron chi connectivity index (χ0n) is 32.8. The number of amides is 4. The van der Waals surface area contributed by atoms with Crippen LogP contribution in [0.1, 0.15) is 78.5 Å². The van der Waals surface area contributed by atoms with Crippen molar-refractivity contribution in [3.8, 4) is 11.1 Å². The molecule has 4 aliphatic heterocycles. The minimum absolute atomic E-state index is 0.0225. The molecule has 2 aromatic heterocycles. The number of nitrogens with zero attached hydrogens (tertiary/aromatic N) is 5. The number of anilines is 2. The van der Waals surface area contributed by atoms with E-state index < -0.39 is 23.9 Å². The molecule has 1 atom stereocenters. The topological polar surface area (TPSA) is 137 Å². The second kappa shape index (κ2) is 15.0. The summed E-state index contributed by atoms with van der Waals surface area (Å²) in [5, 5.41) is 6.43. The van der Waals surface area contributed by atoms with Crippen molar-refractivity contribution in [3.05, 3.63) is 82.8 Å². The Morgan fingerprint density at radius 1 is 0.914 bits per heavy atom. The van der Waals surface area contributed by atoms with Crippen molar-refractivity contribution in [1.29, 1.82) is 0 Å². The maximum Gasteiger partial charge on any atom is 0.413 e. The number of likely N-dealkylation sites (tertiary alicyclic amines) is 1. The molecule has 4 aromatic rings. The van der Waals surface area contributed by atoms with Crippen LogP contribution in [0.5, 0.6) is 0 Å². The number of fused-ring (bicyclic) bond motifs is 2. The standard InChI is InChI=1S/C44H47F2N7O5/c1-25-15-26(2)47-22-33(25)32-16-28-18-38(48-21-29(28)17-35(32)45)49-43(57)58-30-19-44(20-30)9-13-51(14-10-44)23-27-7-11-52(12-8-27)36-4-3-31-34(40(36)46)24-53(42(31)56)37-5-6-39(54)50-41(37)55/h3-4,15-18,21-22,27,30,37H,5-14,19-20,23-24H2,1-2H3,(H,48,49,57)(H,50,54,55). The lowest BCUT2D eigenvalue weighted by Crippen LogP contribution is -2.52. The number of hydrogen-bond donors (Lipinski definition) is 2. The van der Waals surface area contributed by atoms with E-state index in [2.05, 4.69) is 30.4 Å². The molecule has 1 unspecified atom stereocenters. The SMILES string of the molecule is Cc1cc(C)c(-c2cc3cc(NC(=O)OC4CC5(CCN(CC6CCN(c7ccc8c(c7F)CN(C7CCC(=O)NC7=O)C8=O)CC6)CC5)C4)ncc3cc2F)cn1. The summed E-state index contributed by atoms with van der Waals surface area (Å²) in [7, 11) is 0. The van der Waals surface area contributed by atoms with Crippen LogP contribution < -0.4 is 15.5 Å². The van der Waals surface area contributed by atoms with Gasteiger partial charge in [-0.05, 0) is 131 Å². The Morgan fingerprint density at radius 2 is 1.69 bits per heavy atom. The van der Waals surface area contributed by atoms with Crippen LogP contribution in [0, 0.1) is 36.8 Å². The highest BCUT2D eigenvalue weighted by molar-refractivity contribution is 6.05. The normalized spacial score (nSPS) is 21.3. The van der Waals surface area contributed by atoms with Crippen molar-refractivity contribution < 1.29 is 32.7 Å². The molecular weight excluding hydrogens is 745 g/mol. The lowest BCUT2D eigenvalue weighted by atomic mass is 9.61. The Hall–Kier alpha value is -5.50. The van der Waals surface area contributed by atoms with Crippen molar-refractivity contribution in [1.82, 2.24) is 25.1 Å². The minimum Gasteiger partial charge on any atom is -0.446 e. The number of aromatic nitrogens is 2. The Labute approximate surface area is 335 Å². The van der Waals surface area contributed by atoms with Crippen LogP contribution in [0.3, 0.4) is 0 Å². The van der Waals surface area contributed by atoms with Gasteiger partial charge in [0.2, 0.25) is 11.8 Å². The van der Waals surface area contributed by atoms with Gasteiger partial charge in [-0.25, -0.2) is 18.6 Å². The van der Waals surface area contributed by atoms with Gasteiger partial charge in [0.1, 0.15) is 23.8 Å². The van der Waals surface area contributed by atoms with Gasteiger partial charge in [0, 0.05) is 71.8 Å². The van der Waals surface area contributed by atoms with Gasteiger partial charge in [0.05, 0.1) is 12.2 Å². The second-order valence-electron chi connectivity index (χ2n) is 17.0.